The lowest BCUT2D eigenvalue weighted by Crippen LogP contribution is -2.48. The Labute approximate surface area is 157 Å². The van der Waals surface area contributed by atoms with Crippen LogP contribution in [0.3, 0.4) is 0 Å². The lowest BCUT2D eigenvalue weighted by Gasteiger charge is -2.31. The van der Waals surface area contributed by atoms with Crippen molar-refractivity contribution in [1.82, 2.24) is 19.9 Å². The van der Waals surface area contributed by atoms with Crippen molar-refractivity contribution in [2.75, 3.05) is 31.6 Å². The van der Waals surface area contributed by atoms with Crippen molar-refractivity contribution in [3.05, 3.63) is 60.4 Å². The Morgan fingerprint density at radius 1 is 1.07 bits per heavy atom. The zero-order valence-corrected chi connectivity index (χ0v) is 14.9. The van der Waals surface area contributed by atoms with Crippen molar-refractivity contribution in [3.63, 3.8) is 0 Å². The zero-order valence-electron chi connectivity index (χ0n) is 14.9. The second kappa shape index (κ2) is 8.09. The van der Waals surface area contributed by atoms with Gasteiger partial charge in [-0.25, -0.2) is 9.97 Å². The van der Waals surface area contributed by atoms with Crippen LogP contribution >= 0.6 is 0 Å². The number of ether oxygens (including phenoxy) is 1. The maximum atomic E-state index is 13.1. The largest absolute Gasteiger partial charge is 0.378 e. The molecule has 1 fully saturated rings. The van der Waals surface area contributed by atoms with Gasteiger partial charge in [-0.15, -0.1) is 0 Å². The van der Waals surface area contributed by atoms with E-state index in [4.69, 9.17) is 4.74 Å². The summed E-state index contributed by atoms with van der Waals surface area (Å²) in [5, 5.41) is 3.31. The maximum Gasteiger partial charge on any atom is 0.245 e. The van der Waals surface area contributed by atoms with E-state index in [-0.39, 0.29) is 5.91 Å². The van der Waals surface area contributed by atoms with Gasteiger partial charge >= 0.3 is 0 Å². The van der Waals surface area contributed by atoms with Crippen LogP contribution in [0.25, 0.3) is 11.2 Å². The molecule has 1 amide bonds. The summed E-state index contributed by atoms with van der Waals surface area (Å²) in [5.41, 5.74) is 2.37. The Hall–Kier alpha value is -3.06. The van der Waals surface area contributed by atoms with Crippen molar-refractivity contribution in [1.29, 1.82) is 0 Å². The highest BCUT2D eigenvalue weighted by atomic mass is 16.5. The molecule has 1 unspecified atom stereocenters. The standard InChI is InChI=1S/C20H21N5O2/c26-20(25-10-12-27-13-11-25)17(14-15-4-2-1-3-5-15)23-18-7-6-16-19(24-18)22-9-8-21-16/h1-9,17H,10-14H2,(H,22,23,24). The van der Waals surface area contributed by atoms with Crippen molar-refractivity contribution in [2.24, 2.45) is 0 Å². The minimum atomic E-state index is -0.410. The minimum absolute atomic E-state index is 0.0585. The summed E-state index contributed by atoms with van der Waals surface area (Å²) in [4.78, 5) is 28.0. The number of morpholine rings is 1. The van der Waals surface area contributed by atoms with Gasteiger partial charge in [0.2, 0.25) is 5.91 Å². The van der Waals surface area contributed by atoms with Gasteiger partial charge in [0.15, 0.2) is 5.65 Å². The number of nitrogens with zero attached hydrogens (tertiary/aromatic N) is 4. The first kappa shape index (κ1) is 17.4. The van der Waals surface area contributed by atoms with Gasteiger partial charge in [-0.2, -0.15) is 0 Å². The van der Waals surface area contributed by atoms with E-state index in [9.17, 15) is 4.79 Å². The van der Waals surface area contributed by atoms with E-state index >= 15 is 0 Å². The van der Waals surface area contributed by atoms with Crippen molar-refractivity contribution < 1.29 is 9.53 Å². The molecule has 1 atom stereocenters. The molecule has 0 bridgehead atoms. The Bertz CT molecular complexity index is 912. The van der Waals surface area contributed by atoms with Crippen LogP contribution in [0.2, 0.25) is 0 Å². The third kappa shape index (κ3) is 4.20. The summed E-state index contributed by atoms with van der Waals surface area (Å²) >= 11 is 0. The number of benzene rings is 1. The van der Waals surface area contributed by atoms with Crippen LogP contribution in [0.5, 0.6) is 0 Å². The van der Waals surface area contributed by atoms with Crippen LogP contribution in [0, 0.1) is 0 Å². The van der Waals surface area contributed by atoms with Gasteiger partial charge < -0.3 is 15.0 Å². The van der Waals surface area contributed by atoms with Crippen LogP contribution in [0.15, 0.2) is 54.9 Å². The number of hydrogen-bond donors (Lipinski definition) is 1. The van der Waals surface area contributed by atoms with Gasteiger partial charge in [0, 0.05) is 31.9 Å². The van der Waals surface area contributed by atoms with Gasteiger partial charge in [-0.1, -0.05) is 30.3 Å². The number of rotatable bonds is 5. The molecular formula is C20H21N5O2. The molecule has 0 aliphatic carbocycles. The monoisotopic (exact) mass is 363 g/mol. The molecule has 138 valence electrons. The molecule has 0 radical (unpaired) electrons. The predicted octanol–water partition coefficient (Wildman–Crippen LogP) is 1.91. The molecule has 0 spiro atoms. The van der Waals surface area contributed by atoms with Gasteiger partial charge in [-0.05, 0) is 17.7 Å². The molecule has 3 aromatic rings. The highest BCUT2D eigenvalue weighted by Crippen LogP contribution is 2.15. The van der Waals surface area contributed by atoms with Gasteiger partial charge in [0.25, 0.3) is 0 Å². The number of pyridine rings is 1. The van der Waals surface area contributed by atoms with Gasteiger partial charge in [0.05, 0.1) is 13.2 Å². The fourth-order valence-electron chi connectivity index (χ4n) is 3.17. The summed E-state index contributed by atoms with van der Waals surface area (Å²) in [5.74, 6) is 0.675. The second-order valence-corrected chi connectivity index (χ2v) is 6.42. The Morgan fingerprint density at radius 2 is 1.85 bits per heavy atom. The van der Waals surface area contributed by atoms with Crippen molar-refractivity contribution >= 4 is 22.9 Å². The van der Waals surface area contributed by atoms with Crippen molar-refractivity contribution in [2.45, 2.75) is 12.5 Å². The van der Waals surface area contributed by atoms with E-state index in [1.54, 1.807) is 12.4 Å². The lowest BCUT2D eigenvalue weighted by molar-refractivity contribution is -0.136. The second-order valence-electron chi connectivity index (χ2n) is 6.42. The molecule has 1 saturated heterocycles. The normalized spacial score (nSPS) is 15.5. The topological polar surface area (TPSA) is 80.2 Å². The van der Waals surface area contributed by atoms with Crippen LogP contribution < -0.4 is 5.32 Å². The van der Waals surface area contributed by atoms with Crippen LogP contribution in [0.4, 0.5) is 5.82 Å². The van der Waals surface area contributed by atoms with Crippen LogP contribution in [-0.2, 0) is 16.0 Å². The summed E-state index contributed by atoms with van der Waals surface area (Å²) in [6, 6.07) is 13.3. The molecule has 7 heteroatoms. The lowest BCUT2D eigenvalue weighted by atomic mass is 10.0. The Balaban J connectivity index is 1.58. The van der Waals surface area contributed by atoms with E-state index in [2.05, 4.69) is 20.3 Å². The Kier molecular flexibility index (Phi) is 5.20. The van der Waals surface area contributed by atoms with Crippen molar-refractivity contribution in [3.8, 4) is 0 Å². The SMILES string of the molecule is O=C(C(Cc1ccccc1)Nc1ccc2nccnc2n1)N1CCOCC1. The highest BCUT2D eigenvalue weighted by Gasteiger charge is 2.26. The first-order chi connectivity index (χ1) is 13.3. The van der Waals surface area contributed by atoms with E-state index in [0.717, 1.165) is 11.1 Å². The quantitative estimate of drug-likeness (QED) is 0.746. The van der Waals surface area contributed by atoms with E-state index < -0.39 is 6.04 Å². The third-order valence-corrected chi connectivity index (χ3v) is 4.56. The number of fused-ring (bicyclic) bond motifs is 1. The summed E-state index contributed by atoms with van der Waals surface area (Å²) in [6.07, 6.45) is 3.83. The van der Waals surface area contributed by atoms with Crippen LogP contribution in [0.1, 0.15) is 5.56 Å². The molecule has 4 rings (SSSR count). The average molecular weight is 363 g/mol. The molecule has 7 nitrogen and oxygen atoms in total. The maximum absolute atomic E-state index is 13.1. The summed E-state index contributed by atoms with van der Waals surface area (Å²) in [6.45, 7) is 2.38. The van der Waals surface area contributed by atoms with Gasteiger partial charge in [0.1, 0.15) is 17.4 Å². The third-order valence-electron chi connectivity index (χ3n) is 4.56. The molecule has 1 N–H and O–H groups in total. The summed E-state index contributed by atoms with van der Waals surface area (Å²) in [7, 11) is 0. The molecule has 27 heavy (non-hydrogen) atoms. The van der Waals surface area contributed by atoms with E-state index in [0.29, 0.717) is 44.2 Å². The number of nitrogens with one attached hydrogen (secondary N) is 1. The van der Waals surface area contributed by atoms with Crippen LogP contribution in [-0.4, -0.2) is 58.1 Å². The number of amides is 1. The zero-order chi connectivity index (χ0) is 18.5. The molecular weight excluding hydrogens is 342 g/mol. The summed E-state index contributed by atoms with van der Waals surface area (Å²) < 4.78 is 5.37. The number of anilines is 1. The average Bonchev–Trinajstić information content (AvgIpc) is 2.74. The number of carbonyl (C=O) groups excluding carboxylic acids is 1. The van der Waals surface area contributed by atoms with E-state index in [1.807, 2.05) is 47.4 Å². The highest BCUT2D eigenvalue weighted by molar-refractivity contribution is 5.85. The molecule has 1 aromatic carbocycles. The molecule has 0 saturated carbocycles. The number of carbonyl (C=O) groups is 1. The number of aromatic nitrogens is 3. The molecule has 1 aliphatic rings. The fourth-order valence-corrected chi connectivity index (χ4v) is 3.17. The molecule has 2 aromatic heterocycles. The first-order valence-electron chi connectivity index (χ1n) is 9.04. The molecule has 3 heterocycles. The molecule has 1 aliphatic heterocycles. The smallest absolute Gasteiger partial charge is 0.245 e. The van der Waals surface area contributed by atoms with Gasteiger partial charge in [-0.3, -0.25) is 9.78 Å². The Morgan fingerprint density at radius 3 is 2.67 bits per heavy atom. The minimum Gasteiger partial charge on any atom is -0.378 e. The van der Waals surface area contributed by atoms with E-state index in [1.165, 1.54) is 0 Å². The number of hydrogen-bond acceptors (Lipinski definition) is 6. The predicted molar refractivity (Wildman–Crippen MR) is 102 cm³/mol. The fraction of sp³-hybridized carbons (Fsp3) is 0.300. The first-order valence-corrected chi connectivity index (χ1v) is 9.04.